The van der Waals surface area contributed by atoms with Crippen LogP contribution in [0.1, 0.15) is 29.7 Å². The second-order valence-corrected chi connectivity index (χ2v) is 5.49. The summed E-state index contributed by atoms with van der Waals surface area (Å²) in [4.78, 5) is 0. The van der Waals surface area contributed by atoms with Crippen molar-refractivity contribution in [2.75, 3.05) is 19.1 Å². The summed E-state index contributed by atoms with van der Waals surface area (Å²) in [6.07, 6.45) is 1.60. The van der Waals surface area contributed by atoms with Gasteiger partial charge < -0.3 is 9.84 Å². The third-order valence-electron chi connectivity index (χ3n) is 2.98. The van der Waals surface area contributed by atoms with Crippen molar-refractivity contribution in [3.63, 3.8) is 0 Å². The van der Waals surface area contributed by atoms with E-state index in [1.54, 1.807) is 18.9 Å². The van der Waals surface area contributed by atoms with E-state index in [0.29, 0.717) is 0 Å². The first-order valence-electron chi connectivity index (χ1n) is 5.83. The van der Waals surface area contributed by atoms with Crippen LogP contribution in [-0.2, 0) is 0 Å². The van der Waals surface area contributed by atoms with E-state index in [0.717, 1.165) is 28.2 Å². The van der Waals surface area contributed by atoms with Gasteiger partial charge in [0.1, 0.15) is 5.75 Å². The largest absolute Gasteiger partial charge is 0.496 e. The number of ether oxygens (including phenoxy) is 1. The van der Waals surface area contributed by atoms with Crippen molar-refractivity contribution in [2.24, 2.45) is 5.92 Å². The second-order valence-electron chi connectivity index (χ2n) is 4.58. The Morgan fingerprint density at radius 3 is 2.53 bits per heavy atom. The summed E-state index contributed by atoms with van der Waals surface area (Å²) < 4.78 is 5.39. The average Bonchev–Trinajstić information content (AvgIpc) is 2.27. The molecule has 0 spiro atoms. The Labute approximate surface area is 108 Å². The van der Waals surface area contributed by atoms with Gasteiger partial charge in [-0.05, 0) is 49.0 Å². The molecule has 1 N–H and O–H groups in total. The molecule has 1 aromatic carbocycles. The Morgan fingerprint density at radius 2 is 2.00 bits per heavy atom. The van der Waals surface area contributed by atoms with Crippen molar-refractivity contribution < 1.29 is 9.84 Å². The number of aryl methyl sites for hydroxylation is 2. The predicted molar refractivity (Wildman–Crippen MR) is 75.0 cm³/mol. The monoisotopic (exact) mass is 254 g/mol. The van der Waals surface area contributed by atoms with Gasteiger partial charge in [0.25, 0.3) is 0 Å². The fourth-order valence-corrected chi connectivity index (χ4v) is 2.83. The zero-order valence-corrected chi connectivity index (χ0v) is 12.1. The first kappa shape index (κ1) is 14.4. The molecule has 17 heavy (non-hydrogen) atoms. The van der Waals surface area contributed by atoms with Crippen molar-refractivity contribution in [2.45, 2.75) is 26.9 Å². The van der Waals surface area contributed by atoms with Gasteiger partial charge in [-0.15, -0.1) is 0 Å². The molecule has 0 aliphatic rings. The molecule has 0 aliphatic carbocycles. The lowest BCUT2D eigenvalue weighted by molar-refractivity contribution is 0.125. The molecule has 0 aromatic heterocycles. The first-order valence-corrected chi connectivity index (χ1v) is 7.22. The first-order chi connectivity index (χ1) is 8.01. The summed E-state index contributed by atoms with van der Waals surface area (Å²) in [6, 6.07) is 4.07. The van der Waals surface area contributed by atoms with Gasteiger partial charge in [-0.25, -0.2) is 0 Å². The molecule has 2 atom stereocenters. The standard InChI is InChI=1S/C14H22O2S/c1-9-6-10(2)13(12(7-9)16-4)14(15)11(3)8-17-5/h6-7,11,14-15H,8H2,1-5H3. The number of aliphatic hydroxyl groups is 1. The third-order valence-corrected chi connectivity index (χ3v) is 3.84. The zero-order valence-electron chi connectivity index (χ0n) is 11.3. The molecular formula is C14H22O2S. The number of benzene rings is 1. The smallest absolute Gasteiger partial charge is 0.125 e. The van der Waals surface area contributed by atoms with Crippen molar-refractivity contribution in [1.82, 2.24) is 0 Å². The Kier molecular flexibility index (Phi) is 5.34. The number of rotatable bonds is 5. The third kappa shape index (κ3) is 3.39. The van der Waals surface area contributed by atoms with E-state index in [9.17, 15) is 5.11 Å². The van der Waals surface area contributed by atoms with Gasteiger partial charge >= 0.3 is 0 Å². The van der Waals surface area contributed by atoms with E-state index in [4.69, 9.17) is 4.74 Å². The SMILES string of the molecule is COc1cc(C)cc(C)c1C(O)C(C)CSC. The Bertz CT molecular complexity index is 377. The van der Waals surface area contributed by atoms with Gasteiger partial charge in [-0.1, -0.05) is 13.0 Å². The summed E-state index contributed by atoms with van der Waals surface area (Å²) in [5.41, 5.74) is 3.19. The van der Waals surface area contributed by atoms with E-state index < -0.39 is 6.10 Å². The summed E-state index contributed by atoms with van der Waals surface area (Å²) >= 11 is 1.75. The average molecular weight is 254 g/mol. The molecule has 2 nitrogen and oxygen atoms in total. The molecule has 2 unspecified atom stereocenters. The minimum Gasteiger partial charge on any atom is -0.496 e. The highest BCUT2D eigenvalue weighted by Gasteiger charge is 2.22. The fraction of sp³-hybridized carbons (Fsp3) is 0.571. The molecule has 1 aromatic rings. The van der Waals surface area contributed by atoms with Crippen LogP contribution in [0.25, 0.3) is 0 Å². The molecule has 0 radical (unpaired) electrons. The van der Waals surface area contributed by atoms with Crippen LogP contribution >= 0.6 is 11.8 Å². The maximum absolute atomic E-state index is 10.4. The number of thioether (sulfide) groups is 1. The Morgan fingerprint density at radius 1 is 1.35 bits per heavy atom. The predicted octanol–water partition coefficient (Wildman–Crippen LogP) is 3.34. The van der Waals surface area contributed by atoms with Crippen LogP contribution in [0.2, 0.25) is 0 Å². The number of methoxy groups -OCH3 is 1. The van der Waals surface area contributed by atoms with E-state index in [2.05, 4.69) is 19.2 Å². The summed E-state index contributed by atoms with van der Waals surface area (Å²) in [7, 11) is 1.66. The highest BCUT2D eigenvalue weighted by molar-refractivity contribution is 7.98. The van der Waals surface area contributed by atoms with Gasteiger partial charge in [0.15, 0.2) is 0 Å². The van der Waals surface area contributed by atoms with E-state index in [-0.39, 0.29) is 5.92 Å². The minimum atomic E-state index is -0.460. The van der Waals surface area contributed by atoms with Gasteiger partial charge in [0.2, 0.25) is 0 Å². The molecule has 0 saturated heterocycles. The van der Waals surface area contributed by atoms with Gasteiger partial charge in [0.05, 0.1) is 13.2 Å². The molecule has 0 aliphatic heterocycles. The topological polar surface area (TPSA) is 29.5 Å². The van der Waals surface area contributed by atoms with Crippen molar-refractivity contribution in [3.8, 4) is 5.75 Å². The van der Waals surface area contributed by atoms with Crippen LogP contribution in [0.5, 0.6) is 5.75 Å². The molecular weight excluding hydrogens is 232 g/mol. The molecule has 3 heteroatoms. The zero-order chi connectivity index (χ0) is 13.0. The molecule has 96 valence electrons. The van der Waals surface area contributed by atoms with Gasteiger partial charge in [-0.2, -0.15) is 11.8 Å². The highest BCUT2D eigenvalue weighted by Crippen LogP contribution is 2.34. The lowest BCUT2D eigenvalue weighted by atomic mass is 9.93. The van der Waals surface area contributed by atoms with Crippen molar-refractivity contribution in [3.05, 3.63) is 28.8 Å². The molecule has 1 rings (SSSR count). The maximum atomic E-state index is 10.4. The van der Waals surface area contributed by atoms with E-state index >= 15 is 0 Å². The minimum absolute atomic E-state index is 0.223. The number of hydrogen-bond donors (Lipinski definition) is 1. The summed E-state index contributed by atoms with van der Waals surface area (Å²) in [5.74, 6) is 1.96. The van der Waals surface area contributed by atoms with Crippen LogP contribution in [-0.4, -0.2) is 24.2 Å². The maximum Gasteiger partial charge on any atom is 0.125 e. The Hall–Kier alpha value is -0.670. The lowest BCUT2D eigenvalue weighted by Crippen LogP contribution is -2.14. The lowest BCUT2D eigenvalue weighted by Gasteiger charge is -2.23. The molecule has 0 bridgehead atoms. The normalized spacial score (nSPS) is 14.5. The molecule has 0 amide bonds. The fourth-order valence-electron chi connectivity index (χ4n) is 2.13. The highest BCUT2D eigenvalue weighted by atomic mass is 32.2. The number of aliphatic hydroxyl groups excluding tert-OH is 1. The van der Waals surface area contributed by atoms with Crippen LogP contribution in [0.15, 0.2) is 12.1 Å². The van der Waals surface area contributed by atoms with Crippen LogP contribution < -0.4 is 4.74 Å². The van der Waals surface area contributed by atoms with Crippen molar-refractivity contribution >= 4 is 11.8 Å². The van der Waals surface area contributed by atoms with Gasteiger partial charge in [-0.3, -0.25) is 0 Å². The molecule has 0 saturated carbocycles. The van der Waals surface area contributed by atoms with Crippen molar-refractivity contribution in [1.29, 1.82) is 0 Å². The van der Waals surface area contributed by atoms with E-state index in [1.165, 1.54) is 0 Å². The van der Waals surface area contributed by atoms with Crippen LogP contribution in [0.4, 0.5) is 0 Å². The summed E-state index contributed by atoms with van der Waals surface area (Å²) in [5, 5.41) is 10.4. The number of hydrogen-bond acceptors (Lipinski definition) is 3. The Balaban J connectivity index is 3.11. The van der Waals surface area contributed by atoms with Crippen LogP contribution in [0, 0.1) is 19.8 Å². The second kappa shape index (κ2) is 6.31. The van der Waals surface area contributed by atoms with Gasteiger partial charge in [0, 0.05) is 5.56 Å². The quantitative estimate of drug-likeness (QED) is 0.874. The molecule has 0 fully saturated rings. The summed E-state index contributed by atoms with van der Waals surface area (Å²) in [6.45, 7) is 6.14. The molecule has 0 heterocycles. The van der Waals surface area contributed by atoms with Crippen LogP contribution in [0.3, 0.4) is 0 Å². The van der Waals surface area contributed by atoms with E-state index in [1.807, 2.05) is 19.9 Å².